The minimum absolute atomic E-state index is 0.0483. The number of phenols is 1. The first-order chi connectivity index (χ1) is 4.61. The molecule has 1 aromatic carbocycles. The minimum Gasteiger partial charge on any atom is -0.507 e. The van der Waals surface area contributed by atoms with Crippen molar-refractivity contribution in [1.82, 2.24) is 0 Å². The lowest BCUT2D eigenvalue weighted by Crippen LogP contribution is -1.78. The van der Waals surface area contributed by atoms with Crippen LogP contribution in [0, 0.1) is 13.8 Å². The molecule has 0 aliphatic rings. The van der Waals surface area contributed by atoms with Gasteiger partial charge in [0.25, 0.3) is 0 Å². The highest BCUT2D eigenvalue weighted by Gasteiger charge is 2.01. The molecule has 0 unspecified atom stereocenters. The molecular weight excluding hydrogens is 128 g/mol. The van der Waals surface area contributed by atoms with Crippen molar-refractivity contribution in [1.29, 1.82) is 0 Å². The van der Waals surface area contributed by atoms with Gasteiger partial charge in [-0.05, 0) is 37.1 Å². The summed E-state index contributed by atoms with van der Waals surface area (Å²) < 4.78 is 0. The zero-order valence-corrected chi connectivity index (χ0v) is 6.01. The molecule has 0 aromatic heterocycles. The monoisotopic (exact) mass is 137 g/mol. The number of phenolic OH excluding ortho intramolecular Hbond substituents is 1. The van der Waals surface area contributed by atoms with E-state index in [0.717, 1.165) is 0 Å². The van der Waals surface area contributed by atoms with E-state index in [2.05, 4.69) is 0 Å². The maximum absolute atomic E-state index is 10.8. The highest BCUT2D eigenvalue weighted by atomic mass is 16.3. The van der Waals surface area contributed by atoms with E-state index in [1.807, 2.05) is 0 Å². The molecule has 2 heteroatoms. The maximum Gasteiger partial charge on any atom is 0.179 e. The fourth-order valence-electron chi connectivity index (χ4n) is 0.916. The first-order valence-corrected chi connectivity index (χ1v) is 3.08. The van der Waals surface area contributed by atoms with Crippen LogP contribution in [0.1, 0.15) is 11.1 Å². The van der Waals surface area contributed by atoms with Crippen LogP contribution < -0.4 is 0 Å². The molecule has 1 N–H and O–H groups in total. The Balaban J connectivity index is 3.31. The van der Waals surface area contributed by atoms with Gasteiger partial charge < -0.3 is 5.11 Å². The van der Waals surface area contributed by atoms with Crippen LogP contribution in [0.5, 0.6) is 11.5 Å². The molecular formula is C8H9O2. The second-order valence-corrected chi connectivity index (χ2v) is 2.41. The van der Waals surface area contributed by atoms with Crippen molar-refractivity contribution in [2.45, 2.75) is 13.8 Å². The predicted octanol–water partition coefficient (Wildman–Crippen LogP) is 2.15. The molecule has 10 heavy (non-hydrogen) atoms. The Bertz CT molecular complexity index is 230. The molecule has 0 atom stereocenters. The summed E-state index contributed by atoms with van der Waals surface area (Å²) in [6.07, 6.45) is 0. The number of hydrogen-bond donors (Lipinski definition) is 1. The quantitative estimate of drug-likeness (QED) is 0.584. The van der Waals surface area contributed by atoms with Gasteiger partial charge in [0, 0.05) is 0 Å². The van der Waals surface area contributed by atoms with Crippen molar-refractivity contribution in [2.75, 3.05) is 0 Å². The van der Waals surface area contributed by atoms with E-state index in [4.69, 9.17) is 0 Å². The van der Waals surface area contributed by atoms with Gasteiger partial charge >= 0.3 is 0 Å². The summed E-state index contributed by atoms with van der Waals surface area (Å²) in [6.45, 7) is 3.42. The lowest BCUT2D eigenvalue weighted by Gasteiger charge is -2.00. The van der Waals surface area contributed by atoms with Crippen LogP contribution in [0.3, 0.4) is 0 Å². The van der Waals surface area contributed by atoms with Crippen LogP contribution in [0.25, 0.3) is 0 Å². The summed E-state index contributed by atoms with van der Waals surface area (Å²) in [6, 6.07) is 2.84. The molecule has 0 heterocycles. The van der Waals surface area contributed by atoms with Gasteiger partial charge in [0.1, 0.15) is 5.75 Å². The smallest absolute Gasteiger partial charge is 0.179 e. The minimum atomic E-state index is -0.0483. The molecule has 0 aliphatic carbocycles. The molecule has 53 valence electrons. The maximum atomic E-state index is 10.8. The van der Waals surface area contributed by atoms with Crippen LogP contribution >= 0.6 is 0 Å². The lowest BCUT2D eigenvalue weighted by molar-refractivity contribution is 0.352. The Labute approximate surface area is 59.7 Å². The second kappa shape index (κ2) is 2.21. The molecule has 1 radical (unpaired) electrons. The predicted molar refractivity (Wildman–Crippen MR) is 37.7 cm³/mol. The standard InChI is InChI=1S/C8H9O2/c1-5-3-7(9)4-6(2)8(5)10/h3-4,10H,1-2H3. The van der Waals surface area contributed by atoms with Gasteiger partial charge in [-0.2, -0.15) is 0 Å². The van der Waals surface area contributed by atoms with Gasteiger partial charge in [-0.25, -0.2) is 0 Å². The lowest BCUT2D eigenvalue weighted by atomic mass is 10.1. The van der Waals surface area contributed by atoms with E-state index >= 15 is 0 Å². The zero-order chi connectivity index (χ0) is 7.72. The van der Waals surface area contributed by atoms with Gasteiger partial charge in [0.15, 0.2) is 5.75 Å². The number of aryl methyl sites for hydroxylation is 2. The Morgan fingerprint density at radius 3 is 2.00 bits per heavy atom. The number of benzene rings is 1. The average Bonchev–Trinajstić information content (AvgIpc) is 1.82. The zero-order valence-electron chi connectivity index (χ0n) is 6.01. The normalized spacial score (nSPS) is 9.80. The van der Waals surface area contributed by atoms with Crippen LogP contribution in [0.15, 0.2) is 12.1 Å². The van der Waals surface area contributed by atoms with Crippen molar-refractivity contribution >= 4 is 0 Å². The fraction of sp³-hybridized carbons (Fsp3) is 0.250. The molecule has 0 saturated heterocycles. The molecule has 2 nitrogen and oxygen atoms in total. The van der Waals surface area contributed by atoms with Gasteiger partial charge in [-0.1, -0.05) is 0 Å². The van der Waals surface area contributed by atoms with E-state index < -0.39 is 0 Å². The summed E-state index contributed by atoms with van der Waals surface area (Å²) in [5.41, 5.74) is 1.29. The number of rotatable bonds is 0. The van der Waals surface area contributed by atoms with Gasteiger partial charge in [-0.3, -0.25) is 5.11 Å². The average molecular weight is 137 g/mol. The molecule has 0 spiro atoms. The van der Waals surface area contributed by atoms with Gasteiger partial charge in [-0.15, -0.1) is 0 Å². The summed E-state index contributed by atoms with van der Waals surface area (Å²) in [4.78, 5) is 0. The summed E-state index contributed by atoms with van der Waals surface area (Å²) >= 11 is 0. The molecule has 0 bridgehead atoms. The third-order valence-electron chi connectivity index (χ3n) is 1.46. The van der Waals surface area contributed by atoms with Crippen molar-refractivity contribution in [2.24, 2.45) is 0 Å². The Morgan fingerprint density at radius 2 is 1.60 bits per heavy atom. The van der Waals surface area contributed by atoms with E-state index in [1.165, 1.54) is 12.1 Å². The first-order valence-electron chi connectivity index (χ1n) is 3.08. The van der Waals surface area contributed by atoms with Crippen LogP contribution in [-0.2, 0) is 5.11 Å². The SMILES string of the molecule is Cc1cc([O])cc(C)c1O. The Kier molecular flexibility index (Phi) is 1.53. The molecule has 1 aromatic rings. The van der Waals surface area contributed by atoms with Crippen LogP contribution in [0.4, 0.5) is 0 Å². The highest BCUT2D eigenvalue weighted by molar-refractivity contribution is 5.43. The molecule has 0 saturated carbocycles. The van der Waals surface area contributed by atoms with E-state index in [0.29, 0.717) is 11.1 Å². The van der Waals surface area contributed by atoms with Crippen LogP contribution in [0.2, 0.25) is 0 Å². The molecule has 1 rings (SSSR count). The van der Waals surface area contributed by atoms with Gasteiger partial charge in [0.05, 0.1) is 0 Å². The Morgan fingerprint density at radius 1 is 1.20 bits per heavy atom. The topological polar surface area (TPSA) is 40.1 Å². The fourth-order valence-corrected chi connectivity index (χ4v) is 0.916. The van der Waals surface area contributed by atoms with Crippen LogP contribution in [-0.4, -0.2) is 5.11 Å². The van der Waals surface area contributed by atoms with Crippen molar-refractivity contribution in [3.8, 4) is 11.5 Å². The van der Waals surface area contributed by atoms with E-state index in [-0.39, 0.29) is 11.5 Å². The molecule has 0 fully saturated rings. The summed E-state index contributed by atoms with van der Waals surface area (Å²) in [5.74, 6) is 0.174. The van der Waals surface area contributed by atoms with Crippen molar-refractivity contribution < 1.29 is 10.2 Å². The Hall–Kier alpha value is -1.18. The molecule has 0 aliphatic heterocycles. The molecule has 0 amide bonds. The van der Waals surface area contributed by atoms with Crippen molar-refractivity contribution in [3.63, 3.8) is 0 Å². The first kappa shape index (κ1) is 6.93. The third kappa shape index (κ3) is 1.05. The van der Waals surface area contributed by atoms with E-state index in [9.17, 15) is 10.2 Å². The second-order valence-electron chi connectivity index (χ2n) is 2.41. The van der Waals surface area contributed by atoms with Gasteiger partial charge in [0.2, 0.25) is 0 Å². The summed E-state index contributed by atoms with van der Waals surface area (Å²) in [5, 5.41) is 19.9. The summed E-state index contributed by atoms with van der Waals surface area (Å²) in [7, 11) is 0. The third-order valence-corrected chi connectivity index (χ3v) is 1.46. The largest absolute Gasteiger partial charge is 0.507 e. The highest BCUT2D eigenvalue weighted by Crippen LogP contribution is 2.25. The van der Waals surface area contributed by atoms with Crippen molar-refractivity contribution in [3.05, 3.63) is 23.3 Å². The van der Waals surface area contributed by atoms with E-state index in [1.54, 1.807) is 13.8 Å². The number of hydrogen-bond acceptors (Lipinski definition) is 1. The number of aromatic hydroxyl groups is 1.